The Morgan fingerprint density at radius 3 is 1.53 bits per heavy atom. The second-order valence-corrected chi connectivity index (χ2v) is 9.04. The quantitative estimate of drug-likeness (QED) is 0.198. The molecule has 2 rings (SSSR count). The fourth-order valence-corrected chi connectivity index (χ4v) is 5.08. The van der Waals surface area contributed by atoms with E-state index in [0.29, 0.717) is 0 Å². The summed E-state index contributed by atoms with van der Waals surface area (Å²) in [7, 11) is 0. The van der Waals surface area contributed by atoms with E-state index in [-0.39, 0.29) is 57.6 Å². The van der Waals surface area contributed by atoms with Gasteiger partial charge in [-0.3, -0.25) is 29.0 Å². The molecule has 8 nitrogen and oxygen atoms in total. The molecule has 0 aromatic carbocycles. The predicted molar refractivity (Wildman–Crippen MR) is 122 cm³/mol. The summed E-state index contributed by atoms with van der Waals surface area (Å²) in [6.07, 6.45) is 2.81. The van der Waals surface area contributed by atoms with Crippen LogP contribution in [0.3, 0.4) is 0 Å². The number of amides is 2. The first-order valence-electron chi connectivity index (χ1n) is 8.64. The lowest BCUT2D eigenvalue weighted by atomic mass is 10.3. The Morgan fingerprint density at radius 1 is 0.833 bits per heavy atom. The van der Waals surface area contributed by atoms with E-state index in [4.69, 9.17) is 33.9 Å². The molecule has 12 heteroatoms. The average molecular weight is 487 g/mol. The van der Waals surface area contributed by atoms with Gasteiger partial charge in [-0.2, -0.15) is 0 Å². The molecule has 0 bridgehead atoms. The van der Waals surface area contributed by atoms with Gasteiger partial charge < -0.3 is 9.47 Å². The van der Waals surface area contributed by atoms with E-state index >= 15 is 0 Å². The van der Waals surface area contributed by atoms with Crippen LogP contribution in [0.4, 0.5) is 0 Å². The van der Waals surface area contributed by atoms with Crippen LogP contribution in [-0.4, -0.2) is 68.5 Å². The number of hydrogen-bond donors (Lipinski definition) is 0. The molecule has 0 aromatic rings. The molecule has 2 saturated heterocycles. The summed E-state index contributed by atoms with van der Waals surface area (Å²) >= 11 is 12.4. The minimum atomic E-state index is -0.487. The van der Waals surface area contributed by atoms with Crippen molar-refractivity contribution in [2.75, 3.05) is 26.3 Å². The van der Waals surface area contributed by atoms with Crippen molar-refractivity contribution in [1.29, 1.82) is 0 Å². The molecule has 30 heavy (non-hydrogen) atoms. The maximum atomic E-state index is 12.8. The second-order valence-electron chi connectivity index (χ2n) is 5.75. The van der Waals surface area contributed by atoms with Gasteiger partial charge in [-0.1, -0.05) is 73.3 Å². The van der Waals surface area contributed by atoms with Gasteiger partial charge in [-0.05, 0) is 0 Å². The molecule has 2 amide bonds. The summed E-state index contributed by atoms with van der Waals surface area (Å²) < 4.78 is 10.2. The first kappa shape index (κ1) is 24.3. The zero-order chi connectivity index (χ0) is 22.3. The topological polar surface area (TPSA) is 93.2 Å². The summed E-state index contributed by atoms with van der Waals surface area (Å²) in [6, 6.07) is 0. The minimum Gasteiger partial charge on any atom is -0.461 e. The third-order valence-corrected chi connectivity index (χ3v) is 6.73. The first-order valence-corrected chi connectivity index (χ1v) is 11.1. The molecule has 2 fully saturated rings. The fourth-order valence-electron chi connectivity index (χ4n) is 2.31. The van der Waals surface area contributed by atoms with Crippen molar-refractivity contribution in [3.05, 3.63) is 35.1 Å². The van der Waals surface area contributed by atoms with E-state index in [9.17, 15) is 19.2 Å². The Labute approximate surface area is 192 Å². The first-order chi connectivity index (χ1) is 14.3. The van der Waals surface area contributed by atoms with Crippen LogP contribution < -0.4 is 0 Å². The molecule has 0 N–H and O–H groups in total. The lowest BCUT2D eigenvalue weighted by Gasteiger charge is -2.14. The van der Waals surface area contributed by atoms with Gasteiger partial charge in [0.1, 0.15) is 21.9 Å². The van der Waals surface area contributed by atoms with Crippen molar-refractivity contribution in [2.24, 2.45) is 0 Å². The van der Waals surface area contributed by atoms with Crippen LogP contribution in [0.25, 0.3) is 0 Å². The summed E-state index contributed by atoms with van der Waals surface area (Å²) in [4.78, 5) is 51.6. The van der Waals surface area contributed by atoms with E-state index in [0.717, 1.165) is 23.5 Å². The highest BCUT2D eigenvalue weighted by molar-refractivity contribution is 8.29. The number of nitrogens with zero attached hydrogens (tertiary/aromatic N) is 2. The lowest BCUT2D eigenvalue weighted by molar-refractivity contribution is -0.143. The van der Waals surface area contributed by atoms with Crippen LogP contribution in [0, 0.1) is 0 Å². The monoisotopic (exact) mass is 486 g/mol. The average Bonchev–Trinajstić information content (AvgIpc) is 3.15. The normalized spacial score (nSPS) is 18.8. The van der Waals surface area contributed by atoms with Crippen molar-refractivity contribution in [2.45, 2.75) is 12.8 Å². The van der Waals surface area contributed by atoms with Crippen LogP contribution in [0.5, 0.6) is 0 Å². The Hall–Kier alpha value is -2.02. The van der Waals surface area contributed by atoms with Crippen molar-refractivity contribution >= 4 is 80.4 Å². The maximum Gasteiger partial charge on any atom is 0.307 e. The van der Waals surface area contributed by atoms with Gasteiger partial charge in [0, 0.05) is 13.1 Å². The second kappa shape index (κ2) is 11.4. The van der Waals surface area contributed by atoms with Crippen LogP contribution in [0.2, 0.25) is 0 Å². The molecule has 2 aliphatic heterocycles. The minimum absolute atomic E-state index is 0.0403. The SMILES string of the molecule is C=CCOC(=O)CCN1C(=O)C(=C2SC(=S)N(CCC(=O)OCC=C)C2=O)SC1=S. The Morgan fingerprint density at radius 2 is 1.20 bits per heavy atom. The van der Waals surface area contributed by atoms with Crippen LogP contribution in [0.1, 0.15) is 12.8 Å². The molecule has 160 valence electrons. The summed E-state index contributed by atoms with van der Waals surface area (Å²) in [5.41, 5.74) is 0. The molecule has 0 aromatic heterocycles. The van der Waals surface area contributed by atoms with Gasteiger partial charge in [-0.25, -0.2) is 0 Å². The zero-order valence-electron chi connectivity index (χ0n) is 15.8. The summed E-state index contributed by atoms with van der Waals surface area (Å²) in [5.74, 6) is -1.91. The van der Waals surface area contributed by atoms with Gasteiger partial charge in [0.15, 0.2) is 0 Å². The Bertz CT molecular complexity index is 786. The third-order valence-electron chi connectivity index (χ3n) is 3.71. The van der Waals surface area contributed by atoms with E-state index in [1.54, 1.807) is 0 Å². The van der Waals surface area contributed by atoms with Gasteiger partial charge in [0.25, 0.3) is 11.8 Å². The number of thiocarbonyl (C=S) groups is 2. The lowest BCUT2D eigenvalue weighted by Crippen LogP contribution is -2.32. The van der Waals surface area contributed by atoms with Crippen molar-refractivity contribution in [3.8, 4) is 0 Å². The number of hydrogen-bond acceptors (Lipinski definition) is 10. The molecule has 0 unspecified atom stereocenters. The molecule has 0 saturated carbocycles. The van der Waals surface area contributed by atoms with Crippen LogP contribution >= 0.6 is 48.0 Å². The molecule has 2 aliphatic rings. The number of ether oxygens (including phenoxy) is 2. The highest BCUT2D eigenvalue weighted by Gasteiger charge is 2.42. The highest BCUT2D eigenvalue weighted by atomic mass is 32.2. The standard InChI is InChI=1S/C18H18N2O6S4/c1-3-9-25-11(21)5-7-19-15(23)13(29-17(19)27)14-16(24)20(18(28)30-14)8-6-12(22)26-10-4-2/h3-4H,1-2,5-10H2. The van der Waals surface area contributed by atoms with E-state index in [1.807, 2.05) is 0 Å². The Kier molecular flexibility index (Phi) is 9.21. The predicted octanol–water partition coefficient (Wildman–Crippen LogP) is 2.16. The number of esters is 2. The zero-order valence-corrected chi connectivity index (χ0v) is 19.1. The van der Waals surface area contributed by atoms with Crippen molar-refractivity contribution in [3.63, 3.8) is 0 Å². The van der Waals surface area contributed by atoms with Crippen molar-refractivity contribution < 1.29 is 28.7 Å². The molecule has 2 heterocycles. The number of rotatable bonds is 10. The van der Waals surface area contributed by atoms with Gasteiger partial charge in [0.05, 0.1) is 22.7 Å². The van der Waals surface area contributed by atoms with Crippen LogP contribution in [-0.2, 0) is 28.7 Å². The van der Waals surface area contributed by atoms with Gasteiger partial charge >= 0.3 is 11.9 Å². The van der Waals surface area contributed by atoms with E-state index < -0.39 is 23.8 Å². The molecular weight excluding hydrogens is 468 g/mol. The third kappa shape index (κ3) is 6.00. The van der Waals surface area contributed by atoms with E-state index in [1.165, 1.54) is 22.0 Å². The molecule has 0 spiro atoms. The molecule has 0 atom stereocenters. The fraction of sp³-hybridized carbons (Fsp3) is 0.333. The molecule has 0 aliphatic carbocycles. The summed E-state index contributed by atoms with van der Waals surface area (Å²) in [6.45, 7) is 7.16. The van der Waals surface area contributed by atoms with Gasteiger partial charge in [-0.15, -0.1) is 0 Å². The highest BCUT2D eigenvalue weighted by Crippen LogP contribution is 2.42. The van der Waals surface area contributed by atoms with Crippen molar-refractivity contribution in [1.82, 2.24) is 9.80 Å². The Balaban J connectivity index is 2.03. The molecule has 0 radical (unpaired) electrons. The summed E-state index contributed by atoms with van der Waals surface area (Å²) in [5, 5.41) is 0. The maximum absolute atomic E-state index is 12.8. The van der Waals surface area contributed by atoms with Gasteiger partial charge in [0.2, 0.25) is 0 Å². The smallest absolute Gasteiger partial charge is 0.307 e. The molecular formula is C18H18N2O6S4. The van der Waals surface area contributed by atoms with Crippen LogP contribution in [0.15, 0.2) is 35.1 Å². The number of carbonyl (C=O) groups excluding carboxylic acids is 4. The van der Waals surface area contributed by atoms with E-state index in [2.05, 4.69) is 13.2 Å². The number of thioether (sulfide) groups is 2. The largest absolute Gasteiger partial charge is 0.461 e. The number of carbonyl (C=O) groups is 4.